The summed E-state index contributed by atoms with van der Waals surface area (Å²) in [7, 11) is 1.84. The molecule has 1 unspecified atom stereocenters. The topological polar surface area (TPSA) is 36.7 Å². The van der Waals surface area contributed by atoms with E-state index in [2.05, 4.69) is 23.3 Å². The highest BCUT2D eigenvalue weighted by atomic mass is 32.1. The Balaban J connectivity index is 1.63. The molecule has 0 radical (unpaired) electrons. The van der Waals surface area contributed by atoms with Crippen LogP contribution in [0.25, 0.3) is 0 Å². The van der Waals surface area contributed by atoms with Crippen LogP contribution in [-0.2, 0) is 17.8 Å². The van der Waals surface area contributed by atoms with Gasteiger partial charge in [-0.2, -0.15) is 0 Å². The quantitative estimate of drug-likeness (QED) is 0.848. The molecule has 5 heteroatoms. The maximum Gasteiger partial charge on any atom is 0.236 e. The molecule has 118 valence electrons. The number of nitrogens with zero attached hydrogens (tertiary/aromatic N) is 2. The summed E-state index contributed by atoms with van der Waals surface area (Å²) in [4.78, 5) is 18.0. The Morgan fingerprint density at radius 1 is 1.50 bits per heavy atom. The molecule has 3 heterocycles. The van der Waals surface area contributed by atoms with Crippen LogP contribution in [0.2, 0.25) is 0 Å². The van der Waals surface area contributed by atoms with Gasteiger partial charge in [-0.25, -0.2) is 0 Å². The zero-order chi connectivity index (χ0) is 15.5. The minimum atomic E-state index is 0.147. The van der Waals surface area contributed by atoms with Crippen molar-refractivity contribution < 1.29 is 9.21 Å². The van der Waals surface area contributed by atoms with Crippen molar-refractivity contribution in [2.24, 2.45) is 0 Å². The second-order valence-corrected chi connectivity index (χ2v) is 6.77. The van der Waals surface area contributed by atoms with Gasteiger partial charge in [0.05, 0.1) is 19.4 Å². The van der Waals surface area contributed by atoms with E-state index < -0.39 is 0 Å². The predicted octanol–water partition coefficient (Wildman–Crippen LogP) is 3.31. The fourth-order valence-corrected chi connectivity index (χ4v) is 4.06. The third-order valence-corrected chi connectivity index (χ3v) is 5.33. The van der Waals surface area contributed by atoms with Gasteiger partial charge in [0.15, 0.2) is 0 Å². The van der Waals surface area contributed by atoms with Crippen molar-refractivity contribution in [3.8, 4) is 0 Å². The van der Waals surface area contributed by atoms with Gasteiger partial charge in [-0.1, -0.05) is 6.92 Å². The highest BCUT2D eigenvalue weighted by Gasteiger charge is 2.28. The Kier molecular flexibility index (Phi) is 4.64. The second-order valence-electron chi connectivity index (χ2n) is 5.77. The van der Waals surface area contributed by atoms with E-state index in [0.29, 0.717) is 19.1 Å². The van der Waals surface area contributed by atoms with E-state index in [0.717, 1.165) is 25.1 Å². The summed E-state index contributed by atoms with van der Waals surface area (Å²) in [5.41, 5.74) is 1.42. The first-order valence-corrected chi connectivity index (χ1v) is 8.63. The summed E-state index contributed by atoms with van der Waals surface area (Å²) in [6, 6.07) is 6.34. The molecule has 4 nitrogen and oxygen atoms in total. The summed E-state index contributed by atoms with van der Waals surface area (Å²) in [6.45, 7) is 4.17. The highest BCUT2D eigenvalue weighted by molar-refractivity contribution is 7.10. The van der Waals surface area contributed by atoms with E-state index in [9.17, 15) is 4.79 Å². The summed E-state index contributed by atoms with van der Waals surface area (Å²) >= 11 is 1.84. The van der Waals surface area contributed by atoms with Gasteiger partial charge in [0, 0.05) is 24.5 Å². The molecular weight excluding hydrogens is 296 g/mol. The second kappa shape index (κ2) is 6.67. The van der Waals surface area contributed by atoms with Crippen LogP contribution < -0.4 is 0 Å². The fourth-order valence-electron chi connectivity index (χ4n) is 3.13. The molecule has 2 aromatic rings. The number of furan rings is 1. The fraction of sp³-hybridized carbons (Fsp3) is 0.471. The Hall–Kier alpha value is -1.59. The molecule has 1 aliphatic heterocycles. The van der Waals surface area contributed by atoms with Crippen LogP contribution in [0.3, 0.4) is 0 Å². The molecule has 0 aliphatic carbocycles. The van der Waals surface area contributed by atoms with Gasteiger partial charge in [0.1, 0.15) is 5.76 Å². The van der Waals surface area contributed by atoms with Gasteiger partial charge >= 0.3 is 0 Å². The van der Waals surface area contributed by atoms with Crippen LogP contribution in [0.1, 0.15) is 35.6 Å². The predicted molar refractivity (Wildman–Crippen MR) is 87.8 cm³/mol. The molecule has 3 rings (SSSR count). The number of likely N-dealkylation sites (N-methyl/N-ethyl adjacent to an activating group) is 1. The Labute approximate surface area is 135 Å². The van der Waals surface area contributed by atoms with Crippen LogP contribution in [0.4, 0.5) is 0 Å². The van der Waals surface area contributed by atoms with Gasteiger partial charge in [-0.3, -0.25) is 9.69 Å². The largest absolute Gasteiger partial charge is 0.467 e. The average molecular weight is 318 g/mol. The molecule has 0 N–H and O–H groups in total. The molecule has 0 bridgehead atoms. The number of hydrogen-bond acceptors (Lipinski definition) is 4. The Morgan fingerprint density at radius 3 is 3.09 bits per heavy atom. The number of hydrogen-bond donors (Lipinski definition) is 0. The normalized spacial score (nSPS) is 18.2. The molecule has 2 aromatic heterocycles. The lowest BCUT2D eigenvalue weighted by atomic mass is 9.98. The van der Waals surface area contributed by atoms with E-state index in [1.165, 1.54) is 10.4 Å². The summed E-state index contributed by atoms with van der Waals surface area (Å²) < 4.78 is 5.32. The molecule has 0 fully saturated rings. The van der Waals surface area contributed by atoms with Gasteiger partial charge in [0.25, 0.3) is 0 Å². The van der Waals surface area contributed by atoms with Crippen LogP contribution in [0, 0.1) is 0 Å². The monoisotopic (exact) mass is 318 g/mol. The number of carbonyl (C=O) groups is 1. The Bertz CT molecular complexity index is 620. The lowest BCUT2D eigenvalue weighted by molar-refractivity contribution is -0.132. The van der Waals surface area contributed by atoms with E-state index in [-0.39, 0.29) is 5.91 Å². The lowest BCUT2D eigenvalue weighted by Gasteiger charge is -2.35. The first kappa shape index (κ1) is 15.3. The van der Waals surface area contributed by atoms with Gasteiger partial charge in [-0.15, -0.1) is 11.3 Å². The summed E-state index contributed by atoms with van der Waals surface area (Å²) in [6.07, 6.45) is 3.74. The first-order valence-electron chi connectivity index (χ1n) is 7.75. The highest BCUT2D eigenvalue weighted by Crippen LogP contribution is 2.34. The molecule has 0 aromatic carbocycles. The van der Waals surface area contributed by atoms with Gasteiger partial charge in [0.2, 0.25) is 5.91 Å². The standard InChI is InChI=1S/C17H22N2O2S/c1-3-15-14-7-10-22-16(14)6-8-19(15)12-17(20)18(2)11-13-5-4-9-21-13/h4-5,7,9-10,15H,3,6,8,11-12H2,1-2H3. The van der Waals surface area contributed by atoms with Crippen molar-refractivity contribution in [1.82, 2.24) is 9.80 Å². The first-order chi connectivity index (χ1) is 10.7. The smallest absolute Gasteiger partial charge is 0.236 e. The number of rotatable bonds is 5. The van der Waals surface area contributed by atoms with Gasteiger partial charge < -0.3 is 9.32 Å². The van der Waals surface area contributed by atoms with E-state index in [1.54, 1.807) is 11.2 Å². The number of amides is 1. The molecule has 1 amide bonds. The minimum Gasteiger partial charge on any atom is -0.467 e. The molecule has 0 spiro atoms. The molecular formula is C17H22N2O2S. The average Bonchev–Trinajstić information content (AvgIpc) is 3.17. The van der Waals surface area contributed by atoms with E-state index in [4.69, 9.17) is 4.42 Å². The minimum absolute atomic E-state index is 0.147. The molecule has 1 atom stereocenters. The number of thiophene rings is 1. The Morgan fingerprint density at radius 2 is 2.36 bits per heavy atom. The van der Waals surface area contributed by atoms with E-state index in [1.807, 2.05) is 30.5 Å². The molecule has 1 aliphatic rings. The maximum atomic E-state index is 12.5. The van der Waals surface area contributed by atoms with Crippen molar-refractivity contribution in [3.05, 3.63) is 46.0 Å². The van der Waals surface area contributed by atoms with Crippen LogP contribution >= 0.6 is 11.3 Å². The zero-order valence-electron chi connectivity index (χ0n) is 13.1. The SMILES string of the molecule is CCC1c2ccsc2CCN1CC(=O)N(C)Cc1ccco1. The van der Waals surface area contributed by atoms with Crippen LogP contribution in [0.5, 0.6) is 0 Å². The van der Waals surface area contributed by atoms with Crippen molar-refractivity contribution in [2.45, 2.75) is 32.4 Å². The summed E-state index contributed by atoms with van der Waals surface area (Å²) in [5.74, 6) is 0.968. The van der Waals surface area contributed by atoms with E-state index >= 15 is 0 Å². The van der Waals surface area contributed by atoms with Gasteiger partial charge in [-0.05, 0) is 42.0 Å². The van der Waals surface area contributed by atoms with Crippen molar-refractivity contribution in [1.29, 1.82) is 0 Å². The molecule has 22 heavy (non-hydrogen) atoms. The number of fused-ring (bicyclic) bond motifs is 1. The lowest BCUT2D eigenvalue weighted by Crippen LogP contribution is -2.42. The van der Waals surface area contributed by atoms with Crippen molar-refractivity contribution in [2.75, 3.05) is 20.1 Å². The van der Waals surface area contributed by atoms with Crippen molar-refractivity contribution >= 4 is 17.2 Å². The third-order valence-electron chi connectivity index (χ3n) is 4.33. The summed E-state index contributed by atoms with van der Waals surface area (Å²) in [5, 5.41) is 2.17. The zero-order valence-corrected chi connectivity index (χ0v) is 13.9. The molecule has 0 saturated carbocycles. The number of carbonyl (C=O) groups excluding carboxylic acids is 1. The molecule has 0 saturated heterocycles. The van der Waals surface area contributed by atoms with Crippen LogP contribution in [0.15, 0.2) is 34.3 Å². The maximum absolute atomic E-state index is 12.5. The van der Waals surface area contributed by atoms with Crippen molar-refractivity contribution in [3.63, 3.8) is 0 Å². The third kappa shape index (κ3) is 3.10. The van der Waals surface area contributed by atoms with Crippen LogP contribution in [-0.4, -0.2) is 35.8 Å².